The van der Waals surface area contributed by atoms with Crippen LogP contribution in [0.4, 0.5) is 45.3 Å². The number of aryl methyl sites for hydroxylation is 1. The lowest BCUT2D eigenvalue weighted by Crippen LogP contribution is -2.37. The smallest absolute Gasteiger partial charge is 0.346 e. The molecule has 0 unspecified atom stereocenters. The minimum Gasteiger partial charge on any atom is -0.346 e. The van der Waals surface area contributed by atoms with Crippen molar-refractivity contribution in [2.45, 2.75) is 112 Å². The molecule has 5 aromatic rings. The van der Waals surface area contributed by atoms with Crippen LogP contribution in [-0.4, -0.2) is 70.0 Å². The number of halogens is 10. The predicted octanol–water partition coefficient (Wildman–Crippen LogP) is 8.87. The molecule has 3 aromatic heterocycles. The zero-order valence-corrected chi connectivity index (χ0v) is 37.6. The molecule has 2 saturated carbocycles. The molecular weight excluding hydrogens is 953 g/mol. The Morgan fingerprint density at radius 2 is 1.61 bits per heavy atom. The summed E-state index contributed by atoms with van der Waals surface area (Å²) in [5.41, 5.74) is -3.49. The summed E-state index contributed by atoms with van der Waals surface area (Å²) in [6, 6.07) is 6.42. The van der Waals surface area contributed by atoms with Gasteiger partial charge >= 0.3 is 6.18 Å². The second-order valence-electron chi connectivity index (χ2n) is 17.6. The van der Waals surface area contributed by atoms with Crippen molar-refractivity contribution in [3.05, 3.63) is 93.0 Å². The maximum Gasteiger partial charge on any atom is 0.435 e. The highest BCUT2D eigenvalue weighted by Gasteiger charge is 2.63. The third-order valence-corrected chi connectivity index (χ3v) is 16.4. The van der Waals surface area contributed by atoms with Crippen LogP contribution in [0.15, 0.2) is 42.5 Å². The Morgan fingerprint density at radius 1 is 0.939 bits per heavy atom. The van der Waals surface area contributed by atoms with Gasteiger partial charge in [-0.1, -0.05) is 23.7 Å². The zero-order chi connectivity index (χ0) is 48.1. The summed E-state index contributed by atoms with van der Waals surface area (Å²) in [5, 5.41) is 9.34. The molecule has 2 fully saturated rings. The number of carbonyl (C=O) groups excluding carboxylic acids is 1. The van der Waals surface area contributed by atoms with Crippen molar-refractivity contribution in [3.63, 3.8) is 0 Å². The minimum absolute atomic E-state index is 0.00861. The molecule has 0 aliphatic heterocycles. The topological polar surface area (TPSA) is 158 Å². The molecule has 0 spiro atoms. The van der Waals surface area contributed by atoms with Crippen molar-refractivity contribution in [1.29, 1.82) is 0 Å². The van der Waals surface area contributed by atoms with Crippen molar-refractivity contribution in [1.82, 2.24) is 29.9 Å². The number of anilines is 1. The Balaban J connectivity index is 1.29. The molecule has 2 N–H and O–H groups in total. The quantitative estimate of drug-likeness (QED) is 0.0929. The fourth-order valence-corrected chi connectivity index (χ4v) is 11.9. The molecule has 0 bridgehead atoms. The average Bonchev–Trinajstić information content (AvgIpc) is 3.85. The van der Waals surface area contributed by atoms with Crippen LogP contribution in [0.2, 0.25) is 5.02 Å². The van der Waals surface area contributed by atoms with E-state index in [1.165, 1.54) is 24.3 Å². The maximum atomic E-state index is 15.8. The van der Waals surface area contributed by atoms with Gasteiger partial charge in [0, 0.05) is 34.4 Å². The van der Waals surface area contributed by atoms with Gasteiger partial charge < -0.3 is 5.32 Å². The third-order valence-electron chi connectivity index (χ3n) is 12.4. The molecule has 356 valence electrons. The fourth-order valence-electron chi connectivity index (χ4n) is 9.07. The maximum absolute atomic E-state index is 15.8. The molecule has 24 heteroatoms. The van der Waals surface area contributed by atoms with Gasteiger partial charge in [0.2, 0.25) is 15.9 Å². The molecule has 66 heavy (non-hydrogen) atoms. The number of rotatable bonds is 16. The summed E-state index contributed by atoms with van der Waals surface area (Å²) in [4.78, 5) is 19.0. The van der Waals surface area contributed by atoms with Gasteiger partial charge in [0.05, 0.1) is 43.9 Å². The van der Waals surface area contributed by atoms with Crippen LogP contribution in [0.25, 0.3) is 22.0 Å². The molecule has 1 amide bonds. The Labute approximate surface area is 377 Å². The number of benzene rings is 2. The van der Waals surface area contributed by atoms with Gasteiger partial charge in [0.15, 0.2) is 21.3 Å². The molecule has 0 saturated heterocycles. The van der Waals surface area contributed by atoms with E-state index in [-0.39, 0.29) is 69.7 Å². The summed E-state index contributed by atoms with van der Waals surface area (Å²) in [5.74, 6) is -10.0. The van der Waals surface area contributed by atoms with Crippen molar-refractivity contribution < 1.29 is 61.1 Å². The lowest BCUT2D eigenvalue weighted by atomic mass is 9.73. The van der Waals surface area contributed by atoms with Crippen molar-refractivity contribution >= 4 is 54.1 Å². The molecule has 3 heterocycles. The number of nitrogens with one attached hydrogen (secondary N) is 2. The summed E-state index contributed by atoms with van der Waals surface area (Å²) in [6.45, 7) is 0.833. The number of pyridine rings is 1. The summed E-state index contributed by atoms with van der Waals surface area (Å²) in [6.07, 6.45) is -6.94. The normalized spacial score (nSPS) is 18.9. The zero-order valence-electron chi connectivity index (χ0n) is 35.2. The first-order chi connectivity index (χ1) is 30.7. The molecular formula is C42H41ClF9N7O5S2. The SMILES string of the molecule is CC(C)(CCc1ccc(-c2ccc(Cl)c3c(NS(C)(=O)=O)nn(CC(F)F)c23)c([C@H](Cc2cc(F)cc(F)c2)NC(=O)Cn2nc(C(F)(F)F)c3c2C(F)(F)[C@@H]2CC[C@H]32)n1)S(=O)(=O)C1CC1. The molecule has 3 aliphatic rings. The van der Waals surface area contributed by atoms with Gasteiger partial charge in [0.1, 0.15) is 30.4 Å². The number of alkyl halides is 7. The molecule has 8 rings (SSSR count). The van der Waals surface area contributed by atoms with E-state index < -0.39 is 126 Å². The number of sulfone groups is 1. The van der Waals surface area contributed by atoms with E-state index in [0.29, 0.717) is 23.6 Å². The van der Waals surface area contributed by atoms with Crippen molar-refractivity contribution in [3.8, 4) is 11.1 Å². The number of hydrogen-bond acceptors (Lipinski definition) is 8. The van der Waals surface area contributed by atoms with Crippen LogP contribution in [-0.2, 0) is 62.7 Å². The molecule has 3 atom stereocenters. The number of aromatic nitrogens is 5. The number of sulfonamides is 1. The van der Waals surface area contributed by atoms with Crippen LogP contribution < -0.4 is 10.0 Å². The molecule has 12 nitrogen and oxygen atoms in total. The second-order valence-corrected chi connectivity index (χ2v) is 22.7. The number of nitrogens with zero attached hydrogens (tertiary/aromatic N) is 5. The van der Waals surface area contributed by atoms with Crippen molar-refractivity contribution in [2.24, 2.45) is 5.92 Å². The Bertz CT molecular complexity index is 2970. The first kappa shape index (κ1) is 47.6. The summed E-state index contributed by atoms with van der Waals surface area (Å²) in [7, 11) is -7.69. The Hall–Kier alpha value is -4.90. The highest BCUT2D eigenvalue weighted by atomic mass is 35.5. The third kappa shape index (κ3) is 8.97. The predicted molar refractivity (Wildman–Crippen MR) is 224 cm³/mol. The van der Waals surface area contributed by atoms with Crippen molar-refractivity contribution in [2.75, 3.05) is 11.0 Å². The molecule has 0 radical (unpaired) electrons. The van der Waals surface area contributed by atoms with Gasteiger partial charge in [-0.15, -0.1) is 0 Å². The monoisotopic (exact) mass is 993 g/mol. The Kier molecular flexibility index (Phi) is 12.0. The second kappa shape index (κ2) is 16.7. The van der Waals surface area contributed by atoms with Crippen LogP contribution >= 0.6 is 11.6 Å². The van der Waals surface area contributed by atoms with Crippen LogP contribution in [0, 0.1) is 17.6 Å². The van der Waals surface area contributed by atoms with Crippen LogP contribution in [0.3, 0.4) is 0 Å². The highest BCUT2D eigenvalue weighted by molar-refractivity contribution is 7.93. The minimum atomic E-state index is -5.15. The van der Waals surface area contributed by atoms with E-state index in [1.807, 2.05) is 0 Å². The molecule has 3 aliphatic carbocycles. The van der Waals surface area contributed by atoms with Gasteiger partial charge in [0.25, 0.3) is 12.3 Å². The van der Waals surface area contributed by atoms with Crippen LogP contribution in [0.1, 0.15) is 91.8 Å². The van der Waals surface area contributed by atoms with E-state index in [9.17, 15) is 52.4 Å². The van der Waals surface area contributed by atoms with E-state index in [1.54, 1.807) is 13.8 Å². The van der Waals surface area contributed by atoms with Gasteiger partial charge in [-0.25, -0.2) is 34.4 Å². The Morgan fingerprint density at radius 3 is 2.20 bits per heavy atom. The van der Waals surface area contributed by atoms with E-state index >= 15 is 8.78 Å². The standard InChI is InChI=1S/C42H41ClF9N7O5S2/c1-40(2,66(63,64)24-5-6-24)13-12-23-4-7-25(26-9-11-29(43)34-36(26)58(18-31(46)47)56-39(34)57-65(3,61)62)35(53-23)30(16-20-14-21(44)17-22(45)15-20)54-32(60)19-59-38-33(37(55-59)42(50,51)52)27-8-10-28(27)41(38,48)49/h4,7,9,11,14-15,17,24,27-28,30-31H,5-6,8,10,12-13,16,18-19H2,1-3H3,(H,54,60)(H,56,57)/t27-,28+,30-/m0/s1. The van der Waals surface area contributed by atoms with Crippen LogP contribution in [0.5, 0.6) is 0 Å². The highest BCUT2D eigenvalue weighted by Crippen LogP contribution is 2.64. The van der Waals surface area contributed by atoms with E-state index in [2.05, 4.69) is 20.2 Å². The average molecular weight is 994 g/mol. The summed E-state index contributed by atoms with van der Waals surface area (Å²) >= 11 is 6.57. The number of carbonyl (C=O) groups is 1. The lowest BCUT2D eigenvalue weighted by Gasteiger charge is -2.34. The number of hydrogen-bond donors (Lipinski definition) is 2. The lowest BCUT2D eigenvalue weighted by molar-refractivity contribution is -0.144. The van der Waals surface area contributed by atoms with E-state index in [0.717, 1.165) is 23.1 Å². The van der Waals surface area contributed by atoms with Gasteiger partial charge in [-0.05, 0) is 94.5 Å². The first-order valence-corrected chi connectivity index (χ1v) is 24.5. The number of amides is 1. The summed E-state index contributed by atoms with van der Waals surface area (Å²) < 4.78 is 186. The first-order valence-electron chi connectivity index (χ1n) is 20.7. The molecule has 2 aromatic carbocycles. The largest absolute Gasteiger partial charge is 0.435 e. The fraction of sp³-hybridized carbons (Fsp3) is 0.476. The van der Waals surface area contributed by atoms with E-state index in [4.69, 9.17) is 16.6 Å². The van der Waals surface area contributed by atoms with Gasteiger partial charge in [-0.3, -0.25) is 23.9 Å². The van der Waals surface area contributed by atoms with Gasteiger partial charge in [-0.2, -0.15) is 32.1 Å². The number of fused-ring (bicyclic) bond motifs is 4.